The Morgan fingerprint density at radius 1 is 1.32 bits per heavy atom. The molecule has 25 heavy (non-hydrogen) atoms. The van der Waals surface area contributed by atoms with Gasteiger partial charge in [-0.3, -0.25) is 9.59 Å². The summed E-state index contributed by atoms with van der Waals surface area (Å²) in [4.78, 5) is 25.2. The maximum atomic E-state index is 12.3. The Morgan fingerprint density at radius 3 is 2.76 bits per heavy atom. The average Bonchev–Trinajstić information content (AvgIpc) is 3.09. The highest BCUT2D eigenvalue weighted by molar-refractivity contribution is 6.31. The van der Waals surface area contributed by atoms with E-state index in [9.17, 15) is 9.59 Å². The lowest BCUT2D eigenvalue weighted by atomic mass is 10.2. The smallest absolute Gasteiger partial charge is 0.279 e. The number of carbonyl (C=O) groups is 2. The fourth-order valence-electron chi connectivity index (χ4n) is 2.79. The predicted molar refractivity (Wildman–Crippen MR) is 98.0 cm³/mol. The van der Waals surface area contributed by atoms with Crippen molar-refractivity contribution < 1.29 is 19.2 Å². The number of hydrogen-bond acceptors (Lipinski definition) is 3. The fourth-order valence-corrected chi connectivity index (χ4v) is 2.96. The third kappa shape index (κ3) is 6.65. The Labute approximate surface area is 153 Å². The summed E-state index contributed by atoms with van der Waals surface area (Å²) in [7, 11) is 0. The summed E-state index contributed by atoms with van der Waals surface area (Å²) in [5, 5.41) is 6.34. The monoisotopic (exact) mass is 368 g/mol. The number of ether oxygens (including phenoxy) is 1. The number of aryl methyl sites for hydroxylation is 1. The first-order valence-corrected chi connectivity index (χ1v) is 9.13. The van der Waals surface area contributed by atoms with Crippen molar-refractivity contribution in [2.75, 3.05) is 38.1 Å². The normalized spacial score (nSPS) is 18.0. The molecule has 7 heteroatoms. The third-order valence-electron chi connectivity index (χ3n) is 4.35. The summed E-state index contributed by atoms with van der Waals surface area (Å²) in [6, 6.07) is 5.38. The SMILES string of the molecule is CC[NH+](CC(=O)NC[C@H]1CCCO1)CC(=O)Nc1cc(Cl)ccc1C. The molecule has 1 aromatic carbocycles. The van der Waals surface area contributed by atoms with Gasteiger partial charge in [-0.1, -0.05) is 17.7 Å². The zero-order valence-electron chi connectivity index (χ0n) is 14.9. The quantitative estimate of drug-likeness (QED) is 0.635. The third-order valence-corrected chi connectivity index (χ3v) is 4.58. The second-order valence-electron chi connectivity index (χ2n) is 6.40. The van der Waals surface area contributed by atoms with E-state index in [4.69, 9.17) is 16.3 Å². The van der Waals surface area contributed by atoms with Crippen LogP contribution in [0.4, 0.5) is 5.69 Å². The van der Waals surface area contributed by atoms with Gasteiger partial charge in [-0.2, -0.15) is 0 Å². The zero-order chi connectivity index (χ0) is 18.2. The van der Waals surface area contributed by atoms with Crippen molar-refractivity contribution in [3.63, 3.8) is 0 Å². The first kappa shape index (κ1) is 19.7. The van der Waals surface area contributed by atoms with Crippen molar-refractivity contribution in [2.45, 2.75) is 32.8 Å². The summed E-state index contributed by atoms with van der Waals surface area (Å²) in [5.41, 5.74) is 1.65. The summed E-state index contributed by atoms with van der Waals surface area (Å²) < 4.78 is 5.49. The standard InChI is InChI=1S/C18H26ClN3O3/c1-3-22(11-17(23)20-10-15-5-4-8-25-15)12-18(24)21-16-9-14(19)7-6-13(16)2/h6-7,9,15H,3-5,8,10-12H2,1-2H3,(H,20,23)(H,21,24)/p+1/t15-/m1/s1. The van der Waals surface area contributed by atoms with E-state index in [1.807, 2.05) is 19.9 Å². The van der Waals surface area contributed by atoms with Gasteiger partial charge in [-0.05, 0) is 44.4 Å². The zero-order valence-corrected chi connectivity index (χ0v) is 15.6. The molecule has 0 aromatic heterocycles. The van der Waals surface area contributed by atoms with Gasteiger partial charge in [0.2, 0.25) is 0 Å². The molecule has 1 saturated heterocycles. The van der Waals surface area contributed by atoms with E-state index in [2.05, 4.69) is 10.6 Å². The Bertz CT molecular complexity index is 603. The molecule has 1 unspecified atom stereocenters. The number of carbonyl (C=O) groups excluding carboxylic acids is 2. The van der Waals surface area contributed by atoms with Crippen LogP contribution >= 0.6 is 11.6 Å². The lowest BCUT2D eigenvalue weighted by Gasteiger charge is -2.18. The molecular formula is C18H27ClN3O3+. The van der Waals surface area contributed by atoms with Crippen LogP contribution in [-0.2, 0) is 14.3 Å². The molecule has 3 N–H and O–H groups in total. The highest BCUT2D eigenvalue weighted by Crippen LogP contribution is 2.19. The molecule has 1 aliphatic rings. The van der Waals surface area contributed by atoms with Gasteiger partial charge in [-0.15, -0.1) is 0 Å². The molecule has 1 fully saturated rings. The van der Waals surface area contributed by atoms with E-state index in [0.717, 1.165) is 29.9 Å². The number of nitrogens with one attached hydrogen (secondary N) is 3. The van der Waals surface area contributed by atoms with Crippen LogP contribution in [0, 0.1) is 6.92 Å². The van der Waals surface area contributed by atoms with Crippen LogP contribution < -0.4 is 15.5 Å². The maximum Gasteiger partial charge on any atom is 0.279 e. The Morgan fingerprint density at radius 2 is 2.08 bits per heavy atom. The number of amides is 2. The van der Waals surface area contributed by atoms with Crippen molar-refractivity contribution in [3.05, 3.63) is 28.8 Å². The van der Waals surface area contributed by atoms with E-state index in [1.54, 1.807) is 12.1 Å². The van der Waals surface area contributed by atoms with Gasteiger partial charge < -0.3 is 20.3 Å². The van der Waals surface area contributed by atoms with Crippen LogP contribution in [0.5, 0.6) is 0 Å². The Balaban J connectivity index is 1.78. The van der Waals surface area contributed by atoms with E-state index in [-0.39, 0.29) is 31.0 Å². The molecule has 2 amide bonds. The van der Waals surface area contributed by atoms with Gasteiger partial charge in [0.15, 0.2) is 13.1 Å². The Kier molecular flexibility index (Phi) is 7.68. The molecule has 0 aliphatic carbocycles. The van der Waals surface area contributed by atoms with Crippen molar-refractivity contribution in [1.29, 1.82) is 0 Å². The molecule has 1 heterocycles. The van der Waals surface area contributed by atoms with Gasteiger partial charge in [0.1, 0.15) is 0 Å². The van der Waals surface area contributed by atoms with Crippen molar-refractivity contribution >= 4 is 29.1 Å². The lowest BCUT2D eigenvalue weighted by Crippen LogP contribution is -3.14. The topological polar surface area (TPSA) is 71.9 Å². The minimum atomic E-state index is -0.130. The van der Waals surface area contributed by atoms with Crippen LogP contribution in [0.15, 0.2) is 18.2 Å². The van der Waals surface area contributed by atoms with Crippen LogP contribution in [0.1, 0.15) is 25.3 Å². The number of quaternary nitrogens is 1. The summed E-state index contributed by atoms with van der Waals surface area (Å²) >= 11 is 5.97. The molecule has 1 aliphatic heterocycles. The summed E-state index contributed by atoms with van der Waals surface area (Å²) in [5.74, 6) is -0.187. The summed E-state index contributed by atoms with van der Waals surface area (Å²) in [6.45, 7) is 6.38. The first-order valence-electron chi connectivity index (χ1n) is 8.75. The maximum absolute atomic E-state index is 12.3. The highest BCUT2D eigenvalue weighted by atomic mass is 35.5. The summed E-state index contributed by atoms with van der Waals surface area (Å²) in [6.07, 6.45) is 2.17. The number of hydrogen-bond donors (Lipinski definition) is 3. The number of likely N-dealkylation sites (N-methyl/N-ethyl adjacent to an activating group) is 1. The van der Waals surface area contributed by atoms with Crippen LogP contribution in [0.25, 0.3) is 0 Å². The lowest BCUT2D eigenvalue weighted by molar-refractivity contribution is -0.881. The van der Waals surface area contributed by atoms with E-state index < -0.39 is 0 Å². The molecule has 0 saturated carbocycles. The average molecular weight is 369 g/mol. The molecule has 6 nitrogen and oxygen atoms in total. The van der Waals surface area contributed by atoms with Crippen molar-refractivity contribution in [1.82, 2.24) is 5.32 Å². The van der Waals surface area contributed by atoms with Crippen LogP contribution in [0.3, 0.4) is 0 Å². The van der Waals surface area contributed by atoms with Crippen molar-refractivity contribution in [2.24, 2.45) is 0 Å². The number of anilines is 1. The molecule has 2 atom stereocenters. The van der Waals surface area contributed by atoms with E-state index in [1.165, 1.54) is 0 Å². The Hall–Kier alpha value is -1.63. The van der Waals surface area contributed by atoms with Crippen LogP contribution in [-0.4, -0.2) is 50.7 Å². The van der Waals surface area contributed by atoms with Gasteiger partial charge in [0, 0.05) is 23.9 Å². The predicted octanol–water partition coefficient (Wildman–Crippen LogP) is 0.787. The highest BCUT2D eigenvalue weighted by Gasteiger charge is 2.20. The van der Waals surface area contributed by atoms with E-state index >= 15 is 0 Å². The molecular weight excluding hydrogens is 342 g/mol. The molecule has 2 rings (SSSR count). The number of halogens is 1. The molecule has 0 bridgehead atoms. The van der Waals surface area contributed by atoms with E-state index in [0.29, 0.717) is 23.8 Å². The number of benzene rings is 1. The van der Waals surface area contributed by atoms with Gasteiger partial charge in [0.25, 0.3) is 11.8 Å². The molecule has 138 valence electrons. The second kappa shape index (κ2) is 9.75. The molecule has 0 radical (unpaired) electrons. The first-order chi connectivity index (χ1) is 12.0. The van der Waals surface area contributed by atoms with Gasteiger partial charge >= 0.3 is 0 Å². The van der Waals surface area contributed by atoms with Crippen LogP contribution in [0.2, 0.25) is 5.02 Å². The minimum Gasteiger partial charge on any atom is -0.376 e. The minimum absolute atomic E-state index is 0.0564. The fraction of sp³-hybridized carbons (Fsp3) is 0.556. The second-order valence-corrected chi connectivity index (χ2v) is 6.84. The van der Waals surface area contributed by atoms with Crippen molar-refractivity contribution in [3.8, 4) is 0 Å². The number of rotatable bonds is 8. The molecule has 1 aromatic rings. The largest absolute Gasteiger partial charge is 0.376 e. The van der Waals surface area contributed by atoms with Gasteiger partial charge in [-0.25, -0.2) is 0 Å². The molecule has 0 spiro atoms. The van der Waals surface area contributed by atoms with Gasteiger partial charge in [0.05, 0.1) is 12.6 Å².